The predicted octanol–water partition coefficient (Wildman–Crippen LogP) is 1.66. The zero-order valence-electron chi connectivity index (χ0n) is 13.6. The topological polar surface area (TPSA) is 88.7 Å². The maximum absolute atomic E-state index is 14.3. The van der Waals surface area contributed by atoms with Crippen LogP contribution in [0.15, 0.2) is 47.1 Å². The lowest BCUT2D eigenvalue weighted by molar-refractivity contribution is -0.112. The van der Waals surface area contributed by atoms with Crippen LogP contribution in [0, 0.1) is 5.82 Å². The third-order valence-corrected chi connectivity index (χ3v) is 4.02. The molecule has 0 radical (unpaired) electrons. The van der Waals surface area contributed by atoms with E-state index in [0.29, 0.717) is 12.1 Å². The minimum absolute atomic E-state index is 0.0972. The minimum Gasteiger partial charge on any atom is -0.387 e. The number of amidine groups is 1. The summed E-state index contributed by atoms with van der Waals surface area (Å²) in [4.78, 5) is 16.0. The summed E-state index contributed by atoms with van der Waals surface area (Å²) in [6.07, 6.45) is 1.86. The van der Waals surface area contributed by atoms with Crippen LogP contribution in [0.2, 0.25) is 0 Å². The maximum atomic E-state index is 14.3. The van der Waals surface area contributed by atoms with Crippen molar-refractivity contribution in [3.05, 3.63) is 53.5 Å². The molecule has 2 aliphatic heterocycles. The van der Waals surface area contributed by atoms with Gasteiger partial charge in [-0.1, -0.05) is 12.2 Å². The average Bonchev–Trinajstić information content (AvgIpc) is 2.63. The summed E-state index contributed by atoms with van der Waals surface area (Å²) >= 11 is 0. The van der Waals surface area contributed by atoms with Gasteiger partial charge in [0.2, 0.25) is 0 Å². The molecule has 1 atom stereocenters. The number of halogens is 3. The number of alkyl halides is 2. The molecule has 0 unspecified atom stereocenters. The van der Waals surface area contributed by atoms with E-state index in [2.05, 4.69) is 15.6 Å². The van der Waals surface area contributed by atoms with E-state index in [1.807, 2.05) is 0 Å². The Kier molecular flexibility index (Phi) is 4.99. The van der Waals surface area contributed by atoms with Crippen molar-refractivity contribution in [3.8, 4) is 0 Å². The number of anilines is 1. The van der Waals surface area contributed by atoms with E-state index in [1.165, 1.54) is 12.3 Å². The lowest BCUT2D eigenvalue weighted by Gasteiger charge is -2.33. The molecule has 0 fully saturated rings. The molecule has 138 valence electrons. The Morgan fingerprint density at radius 1 is 1.42 bits per heavy atom. The number of carbonyl (C=O) groups excluding carboxylic acids is 1. The molecule has 0 bridgehead atoms. The average molecular weight is 366 g/mol. The quantitative estimate of drug-likeness (QED) is 0.756. The van der Waals surface area contributed by atoms with Gasteiger partial charge in [0.1, 0.15) is 18.3 Å². The zero-order chi connectivity index (χ0) is 18.7. The first-order valence-corrected chi connectivity index (χ1v) is 7.84. The highest BCUT2D eigenvalue weighted by atomic mass is 19.3. The number of hydrogen-bond acceptors (Lipinski definition) is 5. The van der Waals surface area contributed by atoms with E-state index < -0.39 is 30.3 Å². The number of ether oxygens (including phenoxy) is 1. The van der Waals surface area contributed by atoms with E-state index in [9.17, 15) is 18.0 Å². The first kappa shape index (κ1) is 18.0. The van der Waals surface area contributed by atoms with Gasteiger partial charge < -0.3 is 21.1 Å². The molecule has 1 aromatic rings. The summed E-state index contributed by atoms with van der Waals surface area (Å²) in [5.41, 5.74) is 3.40. The highest BCUT2D eigenvalue weighted by Crippen LogP contribution is 2.38. The van der Waals surface area contributed by atoms with Crippen LogP contribution in [0.1, 0.15) is 5.56 Å². The second-order valence-electron chi connectivity index (χ2n) is 5.88. The molecule has 0 saturated carbocycles. The molecule has 2 heterocycles. The van der Waals surface area contributed by atoms with Gasteiger partial charge in [0, 0.05) is 24.0 Å². The number of benzene rings is 1. The first-order valence-electron chi connectivity index (χ1n) is 7.84. The van der Waals surface area contributed by atoms with Gasteiger partial charge >= 0.3 is 0 Å². The van der Waals surface area contributed by atoms with Crippen LogP contribution in [-0.2, 0) is 15.1 Å². The molecule has 0 aliphatic carbocycles. The maximum Gasteiger partial charge on any atom is 0.269 e. The molecule has 1 amide bonds. The van der Waals surface area contributed by atoms with Crippen molar-refractivity contribution in [2.45, 2.75) is 12.0 Å². The largest absolute Gasteiger partial charge is 0.387 e. The number of aliphatic imine (C=N–C) groups is 1. The van der Waals surface area contributed by atoms with Crippen LogP contribution >= 0.6 is 0 Å². The van der Waals surface area contributed by atoms with Crippen molar-refractivity contribution in [2.24, 2.45) is 10.7 Å². The third kappa shape index (κ3) is 3.43. The molecule has 0 spiro atoms. The molecule has 3 rings (SSSR count). The Balaban J connectivity index is 1.94. The molecular formula is C17H17F3N4O2. The fourth-order valence-electron chi connectivity index (χ4n) is 2.75. The van der Waals surface area contributed by atoms with Gasteiger partial charge in [-0.3, -0.25) is 9.79 Å². The summed E-state index contributed by atoms with van der Waals surface area (Å²) in [5.74, 6) is -1.49. The van der Waals surface area contributed by atoms with Gasteiger partial charge in [0.25, 0.3) is 12.3 Å². The Labute approximate surface area is 147 Å². The zero-order valence-corrected chi connectivity index (χ0v) is 13.6. The van der Waals surface area contributed by atoms with Crippen molar-refractivity contribution >= 4 is 17.4 Å². The molecule has 4 N–H and O–H groups in total. The predicted molar refractivity (Wildman–Crippen MR) is 90.4 cm³/mol. The minimum atomic E-state index is -3.05. The molecule has 9 heteroatoms. The van der Waals surface area contributed by atoms with E-state index in [0.717, 1.165) is 12.1 Å². The van der Waals surface area contributed by atoms with E-state index in [4.69, 9.17) is 10.5 Å². The van der Waals surface area contributed by atoms with Crippen LogP contribution in [0.4, 0.5) is 18.9 Å². The monoisotopic (exact) mass is 366 g/mol. The number of nitrogens with two attached hydrogens (primary N) is 1. The second-order valence-corrected chi connectivity index (χ2v) is 5.88. The van der Waals surface area contributed by atoms with Crippen LogP contribution in [0.5, 0.6) is 0 Å². The lowest BCUT2D eigenvalue weighted by atomic mass is 9.90. The highest BCUT2D eigenvalue weighted by molar-refractivity contribution is 6.05. The van der Waals surface area contributed by atoms with Crippen LogP contribution in [0.3, 0.4) is 0 Å². The Morgan fingerprint density at radius 3 is 2.88 bits per heavy atom. The van der Waals surface area contributed by atoms with Gasteiger partial charge in [0.15, 0.2) is 5.54 Å². The Bertz CT molecular complexity index is 807. The number of dihydropyridines is 1. The summed E-state index contributed by atoms with van der Waals surface area (Å²) in [6.45, 7) is -0.00862. The lowest BCUT2D eigenvalue weighted by Crippen LogP contribution is -2.45. The molecule has 0 saturated heterocycles. The van der Waals surface area contributed by atoms with Crippen LogP contribution < -0.4 is 16.4 Å². The summed E-state index contributed by atoms with van der Waals surface area (Å²) in [6, 6.07) is 3.41. The van der Waals surface area contributed by atoms with Gasteiger partial charge in [-0.15, -0.1) is 0 Å². The number of hydrogen-bond donors (Lipinski definition) is 3. The fraction of sp³-hybridized carbons (Fsp3) is 0.294. The number of nitrogens with zero attached hydrogens (tertiary/aromatic N) is 1. The third-order valence-electron chi connectivity index (χ3n) is 4.02. The smallest absolute Gasteiger partial charge is 0.269 e. The first-order chi connectivity index (χ1) is 12.4. The molecule has 6 nitrogen and oxygen atoms in total. The summed E-state index contributed by atoms with van der Waals surface area (Å²) in [7, 11) is 0. The van der Waals surface area contributed by atoms with Gasteiger partial charge in [-0.2, -0.15) is 0 Å². The SMILES string of the molecule is NC1=N[C@@](c2cc(NC(=O)C3=CNCC=C3)ccc2F)(C(F)F)COC1. The van der Waals surface area contributed by atoms with Crippen molar-refractivity contribution in [1.82, 2.24) is 5.32 Å². The molecule has 26 heavy (non-hydrogen) atoms. The Morgan fingerprint density at radius 2 is 2.23 bits per heavy atom. The van der Waals surface area contributed by atoms with Crippen molar-refractivity contribution in [2.75, 3.05) is 25.1 Å². The highest BCUT2D eigenvalue weighted by Gasteiger charge is 2.46. The van der Waals surface area contributed by atoms with Crippen molar-refractivity contribution in [3.63, 3.8) is 0 Å². The number of rotatable bonds is 4. The normalized spacial score (nSPS) is 22.5. The Hall–Kier alpha value is -2.81. The molecule has 0 aromatic heterocycles. The summed E-state index contributed by atoms with van der Waals surface area (Å²) in [5, 5.41) is 5.44. The molecule has 1 aromatic carbocycles. The van der Waals surface area contributed by atoms with Crippen molar-refractivity contribution in [1.29, 1.82) is 0 Å². The second kappa shape index (κ2) is 7.20. The standard InChI is InChI=1S/C17H17F3N4O2/c18-13-4-3-11(23-15(25)10-2-1-5-22-7-10)6-12(13)17(16(19)20)9-26-8-14(21)24-17/h1-4,6-7,16,22H,5,8-9H2,(H2,21,24)(H,23,25)/t17-/m0/s1. The van der Waals surface area contributed by atoms with Gasteiger partial charge in [0.05, 0.1) is 12.2 Å². The number of nitrogens with one attached hydrogen (secondary N) is 2. The van der Waals surface area contributed by atoms with E-state index in [1.54, 1.807) is 12.2 Å². The fourth-order valence-corrected chi connectivity index (χ4v) is 2.75. The summed E-state index contributed by atoms with van der Waals surface area (Å²) < 4.78 is 47.0. The van der Waals surface area contributed by atoms with Gasteiger partial charge in [-0.25, -0.2) is 13.2 Å². The molecule has 2 aliphatic rings. The number of amides is 1. The number of carbonyl (C=O) groups is 1. The van der Waals surface area contributed by atoms with Crippen LogP contribution in [0.25, 0.3) is 0 Å². The van der Waals surface area contributed by atoms with Crippen LogP contribution in [-0.4, -0.2) is 37.9 Å². The van der Waals surface area contributed by atoms with Crippen molar-refractivity contribution < 1.29 is 22.7 Å². The van der Waals surface area contributed by atoms with Gasteiger partial charge in [-0.05, 0) is 18.2 Å². The molecular weight excluding hydrogens is 349 g/mol. The van der Waals surface area contributed by atoms with E-state index >= 15 is 0 Å². The van der Waals surface area contributed by atoms with E-state index in [-0.39, 0.29) is 23.7 Å².